The van der Waals surface area contributed by atoms with Crippen molar-refractivity contribution in [1.82, 2.24) is 25.5 Å². The molecule has 1 saturated heterocycles. The van der Waals surface area contributed by atoms with Crippen LogP contribution in [0.4, 0.5) is 23.1 Å². The van der Waals surface area contributed by atoms with E-state index in [9.17, 15) is 18.0 Å². The number of halogens is 1. The van der Waals surface area contributed by atoms with Gasteiger partial charge in [0.05, 0.1) is 33.8 Å². The molecule has 0 bridgehead atoms. The number of benzene rings is 2. The number of rotatable bonds is 17. The highest BCUT2D eigenvalue weighted by molar-refractivity contribution is 7.92. The van der Waals surface area contributed by atoms with E-state index in [4.69, 9.17) is 16.3 Å². The molecule has 1 aromatic heterocycles. The Hall–Kier alpha value is -4.20. The van der Waals surface area contributed by atoms with E-state index in [0.29, 0.717) is 55.5 Å². The largest absolute Gasteiger partial charge is 0.489 e. The molecule has 4 rings (SSSR count). The number of nitrogens with zero attached hydrogens (tertiary/aromatic N) is 3. The molecule has 2 amide bonds. The van der Waals surface area contributed by atoms with Crippen LogP contribution < -0.4 is 26.0 Å². The maximum atomic E-state index is 13.0. The van der Waals surface area contributed by atoms with Gasteiger partial charge >= 0.3 is 0 Å². The molecule has 2 heterocycles. The van der Waals surface area contributed by atoms with Crippen LogP contribution in [0.1, 0.15) is 70.4 Å². The number of aryl methyl sites for hydroxylation is 1. The lowest BCUT2D eigenvalue weighted by atomic mass is 9.86. The minimum Gasteiger partial charge on any atom is -0.489 e. The van der Waals surface area contributed by atoms with Crippen molar-refractivity contribution in [2.24, 2.45) is 0 Å². The zero-order chi connectivity index (χ0) is 37.1. The lowest BCUT2D eigenvalue weighted by molar-refractivity contribution is -0.121. The number of sulfone groups is 1. The highest BCUT2D eigenvalue weighted by Crippen LogP contribution is 2.38. The molecule has 0 radical (unpaired) electrons. The Bertz CT molecular complexity index is 1790. The summed E-state index contributed by atoms with van der Waals surface area (Å²) in [5.74, 6) is 1.35. The van der Waals surface area contributed by atoms with Gasteiger partial charge in [-0.1, -0.05) is 30.3 Å². The molecule has 0 spiro atoms. The highest BCUT2D eigenvalue weighted by Gasteiger charge is 2.25. The summed E-state index contributed by atoms with van der Waals surface area (Å²) in [7, 11) is -3.56. The Morgan fingerprint density at radius 1 is 1.06 bits per heavy atom. The third-order valence-corrected chi connectivity index (χ3v) is 11.1. The molecule has 0 saturated carbocycles. The summed E-state index contributed by atoms with van der Waals surface area (Å²) >= 11 is 6.47. The predicted molar refractivity (Wildman–Crippen MR) is 203 cm³/mol. The molecule has 12 nitrogen and oxygen atoms in total. The van der Waals surface area contributed by atoms with Crippen molar-refractivity contribution in [2.45, 2.75) is 82.5 Å². The summed E-state index contributed by atoms with van der Waals surface area (Å²) in [6, 6.07) is 10.8. The first kappa shape index (κ1) is 39.6. The highest BCUT2D eigenvalue weighted by atomic mass is 35.5. The first-order valence-electron chi connectivity index (χ1n) is 17.4. The fourth-order valence-corrected chi connectivity index (χ4v) is 7.18. The van der Waals surface area contributed by atoms with E-state index in [1.807, 2.05) is 19.9 Å². The molecule has 2 aromatic carbocycles. The van der Waals surface area contributed by atoms with E-state index in [1.54, 1.807) is 38.1 Å². The van der Waals surface area contributed by atoms with Crippen LogP contribution in [0, 0.1) is 6.92 Å². The van der Waals surface area contributed by atoms with Gasteiger partial charge in [0.2, 0.25) is 17.8 Å². The number of hydrogen-bond donors (Lipinski definition) is 4. The summed E-state index contributed by atoms with van der Waals surface area (Å²) in [6.07, 6.45) is 5.64. The maximum Gasteiger partial charge on any atom is 0.243 e. The van der Waals surface area contributed by atoms with Crippen molar-refractivity contribution in [2.75, 3.05) is 43.4 Å². The molecule has 0 atom stereocenters. The van der Waals surface area contributed by atoms with Gasteiger partial charge < -0.3 is 30.9 Å². The van der Waals surface area contributed by atoms with E-state index in [2.05, 4.69) is 55.7 Å². The first-order valence-corrected chi connectivity index (χ1v) is 19.3. The third kappa shape index (κ3) is 11.1. The summed E-state index contributed by atoms with van der Waals surface area (Å²) in [4.78, 5) is 35.0. The molecule has 1 aliphatic heterocycles. The standard InChI is InChI=1S/C37H50ClN7O5S/c1-7-34(46)39-16-10-17-40-35(47)15-20-45-18-13-27(14-19-45)28-22-32(50-24(2)3)31(21-26(28)6)43-37-41-23-29(38)36(44-37)42-30-11-8-9-12-33(30)51(48,49)25(4)5/h7-9,11-12,21-25,27H,1,10,13-20H2,2-6H3,(H,39,46)(H,40,47)(H2,41,42,43,44). The van der Waals surface area contributed by atoms with Crippen LogP contribution in [0.3, 0.4) is 0 Å². The first-order chi connectivity index (χ1) is 24.3. The van der Waals surface area contributed by atoms with Crippen LogP contribution in [-0.2, 0) is 19.4 Å². The summed E-state index contributed by atoms with van der Waals surface area (Å²) in [5, 5.41) is 11.7. The van der Waals surface area contributed by atoms with Crippen LogP contribution in [-0.4, -0.2) is 79.2 Å². The van der Waals surface area contributed by atoms with Crippen molar-refractivity contribution in [3.8, 4) is 5.75 Å². The quantitative estimate of drug-likeness (QED) is 0.0920. The summed E-state index contributed by atoms with van der Waals surface area (Å²) < 4.78 is 32.3. The molecule has 3 aromatic rings. The fraction of sp³-hybridized carbons (Fsp3) is 0.459. The number of likely N-dealkylation sites (tertiary alicyclic amines) is 1. The molecule has 276 valence electrons. The molecule has 1 aliphatic rings. The van der Waals surface area contributed by atoms with Gasteiger partial charge in [-0.2, -0.15) is 4.98 Å². The van der Waals surface area contributed by atoms with Crippen LogP contribution in [0.25, 0.3) is 0 Å². The van der Waals surface area contributed by atoms with Gasteiger partial charge in [-0.15, -0.1) is 0 Å². The molecule has 4 N–H and O–H groups in total. The van der Waals surface area contributed by atoms with Crippen LogP contribution >= 0.6 is 11.6 Å². The molecule has 51 heavy (non-hydrogen) atoms. The second-order valence-electron chi connectivity index (χ2n) is 13.2. The average molecular weight is 740 g/mol. The van der Waals surface area contributed by atoms with Gasteiger partial charge in [0.15, 0.2) is 15.7 Å². The molecular formula is C37H50ClN7O5S. The Balaban J connectivity index is 1.41. The molecule has 14 heteroatoms. The van der Waals surface area contributed by atoms with E-state index >= 15 is 0 Å². The zero-order valence-electron chi connectivity index (χ0n) is 30.1. The summed E-state index contributed by atoms with van der Waals surface area (Å²) in [5.41, 5.74) is 3.40. The predicted octanol–water partition coefficient (Wildman–Crippen LogP) is 6.27. The average Bonchev–Trinajstić information content (AvgIpc) is 3.09. The van der Waals surface area contributed by atoms with Gasteiger partial charge in [-0.3, -0.25) is 9.59 Å². The Morgan fingerprint density at radius 2 is 1.76 bits per heavy atom. The van der Waals surface area contributed by atoms with E-state index in [1.165, 1.54) is 17.8 Å². The van der Waals surface area contributed by atoms with Crippen LogP contribution in [0.15, 0.2) is 60.1 Å². The normalized spacial score (nSPS) is 14.0. The number of anilines is 4. The second-order valence-corrected chi connectivity index (χ2v) is 16.0. The van der Waals surface area contributed by atoms with Crippen LogP contribution in [0.5, 0.6) is 5.75 Å². The number of para-hydroxylation sites is 1. The minimum atomic E-state index is -3.56. The third-order valence-electron chi connectivity index (χ3n) is 8.63. The number of ether oxygens (including phenoxy) is 1. The lowest BCUT2D eigenvalue weighted by Crippen LogP contribution is -2.37. The number of hydrogen-bond acceptors (Lipinski definition) is 10. The lowest BCUT2D eigenvalue weighted by Gasteiger charge is -2.33. The molecular weight excluding hydrogens is 690 g/mol. The van der Waals surface area contributed by atoms with Crippen molar-refractivity contribution in [3.63, 3.8) is 0 Å². The van der Waals surface area contributed by atoms with Gasteiger partial charge in [-0.25, -0.2) is 13.4 Å². The molecule has 1 fully saturated rings. The fourth-order valence-electron chi connectivity index (χ4n) is 5.84. The van der Waals surface area contributed by atoms with Crippen LogP contribution in [0.2, 0.25) is 5.02 Å². The van der Waals surface area contributed by atoms with Gasteiger partial charge in [0, 0.05) is 26.1 Å². The van der Waals surface area contributed by atoms with Crippen molar-refractivity contribution < 1.29 is 22.7 Å². The number of aromatic nitrogens is 2. The minimum absolute atomic E-state index is 0.0121. The number of carbonyl (C=O) groups is 2. The Labute approximate surface area is 306 Å². The summed E-state index contributed by atoms with van der Waals surface area (Å²) in [6.45, 7) is 16.2. The molecule has 0 unspecified atom stereocenters. The van der Waals surface area contributed by atoms with Crippen molar-refractivity contribution in [3.05, 3.63) is 71.4 Å². The Kier molecular flexibility index (Phi) is 14.2. The Morgan fingerprint density at radius 3 is 2.45 bits per heavy atom. The monoisotopic (exact) mass is 739 g/mol. The molecule has 0 aliphatic carbocycles. The van der Waals surface area contributed by atoms with E-state index in [-0.39, 0.29) is 39.6 Å². The van der Waals surface area contributed by atoms with E-state index in [0.717, 1.165) is 31.5 Å². The van der Waals surface area contributed by atoms with Gasteiger partial charge in [0.1, 0.15) is 10.8 Å². The van der Waals surface area contributed by atoms with E-state index < -0.39 is 15.1 Å². The number of carbonyl (C=O) groups excluding carboxylic acids is 2. The SMILES string of the molecule is C=CC(=O)NCCCNC(=O)CCN1CCC(c2cc(OC(C)C)c(Nc3ncc(Cl)c(Nc4ccccc4S(=O)(=O)C(C)C)n3)cc2C)CC1. The zero-order valence-corrected chi connectivity index (χ0v) is 31.7. The van der Waals surface area contributed by atoms with Gasteiger partial charge in [-0.05, 0) is 114 Å². The number of nitrogens with one attached hydrogen (secondary N) is 4. The topological polar surface area (TPSA) is 155 Å². The second kappa shape index (κ2) is 18.3. The van der Waals surface area contributed by atoms with Gasteiger partial charge in [0.25, 0.3) is 0 Å². The van der Waals surface area contributed by atoms with Crippen molar-refractivity contribution in [1.29, 1.82) is 0 Å². The maximum absolute atomic E-state index is 13.0. The smallest absolute Gasteiger partial charge is 0.243 e. The number of piperidine rings is 1. The number of amides is 2. The van der Waals surface area contributed by atoms with Crippen molar-refractivity contribution >= 4 is 56.4 Å².